The molecule has 1 aliphatic heterocycles. The number of nitrogens with one attached hydrogen (secondary N) is 1. The monoisotopic (exact) mass is 301 g/mol. The van der Waals surface area contributed by atoms with Gasteiger partial charge in [-0.15, -0.1) is 11.8 Å². The van der Waals surface area contributed by atoms with E-state index in [2.05, 4.69) is 34.2 Å². The number of fused-ring (bicyclic) bond motifs is 1. The summed E-state index contributed by atoms with van der Waals surface area (Å²) in [5.74, 6) is 0.0413. The van der Waals surface area contributed by atoms with Crippen molar-refractivity contribution in [2.75, 3.05) is 11.1 Å². The number of rotatable bonds is 2. The van der Waals surface area contributed by atoms with E-state index in [-0.39, 0.29) is 12.5 Å². The van der Waals surface area contributed by atoms with Crippen LogP contribution in [0, 0.1) is 6.92 Å². The van der Waals surface area contributed by atoms with Crippen molar-refractivity contribution in [2.24, 2.45) is 0 Å². The zero-order chi connectivity index (χ0) is 11.7. The van der Waals surface area contributed by atoms with Crippen LogP contribution in [0.3, 0.4) is 0 Å². The van der Waals surface area contributed by atoms with Gasteiger partial charge in [0.15, 0.2) is 0 Å². The maximum Gasteiger partial charge on any atom is 0.305 e. The zero-order valence-corrected chi connectivity index (χ0v) is 11.2. The fourth-order valence-corrected chi connectivity index (χ4v) is 3.71. The summed E-state index contributed by atoms with van der Waals surface area (Å²) in [7, 11) is 0. The molecule has 5 heteroatoms. The number of hydrogen-bond donors (Lipinski definition) is 2. The second-order valence-electron chi connectivity index (χ2n) is 3.87. The lowest BCUT2D eigenvalue weighted by Crippen LogP contribution is -2.28. The Balaban J connectivity index is 2.23. The molecule has 2 N–H and O–H groups in total. The third kappa shape index (κ3) is 2.52. The van der Waals surface area contributed by atoms with Crippen LogP contribution >= 0.6 is 27.7 Å². The molecule has 2 rings (SSSR count). The van der Waals surface area contributed by atoms with Gasteiger partial charge in [-0.05, 0) is 40.5 Å². The van der Waals surface area contributed by atoms with E-state index in [0.29, 0.717) is 0 Å². The lowest BCUT2D eigenvalue weighted by Gasteiger charge is -2.26. The Morgan fingerprint density at radius 2 is 2.44 bits per heavy atom. The highest BCUT2D eigenvalue weighted by molar-refractivity contribution is 9.10. The standard InChI is InChI=1S/C11H12BrNO2S/c1-6-2-8(12)11-9(3-6)16-5-7(13-11)4-10(14)15/h2-3,7,13H,4-5H2,1H3,(H,14,15). The molecule has 0 aliphatic carbocycles. The van der Waals surface area contributed by atoms with E-state index in [9.17, 15) is 4.79 Å². The van der Waals surface area contributed by atoms with Crippen LogP contribution in [0.4, 0.5) is 5.69 Å². The normalized spacial score (nSPS) is 18.8. The zero-order valence-electron chi connectivity index (χ0n) is 8.79. The molecule has 0 amide bonds. The highest BCUT2D eigenvalue weighted by Crippen LogP contribution is 2.39. The first-order chi connectivity index (χ1) is 7.56. The van der Waals surface area contributed by atoms with Gasteiger partial charge >= 0.3 is 5.97 Å². The number of hydrogen-bond acceptors (Lipinski definition) is 3. The minimum absolute atomic E-state index is 0.00834. The molecule has 0 spiro atoms. The van der Waals surface area contributed by atoms with Crippen molar-refractivity contribution < 1.29 is 9.90 Å². The van der Waals surface area contributed by atoms with Crippen LogP contribution < -0.4 is 5.32 Å². The summed E-state index contributed by atoms with van der Waals surface area (Å²) in [4.78, 5) is 11.8. The average Bonchev–Trinajstić information content (AvgIpc) is 2.18. The number of thioether (sulfide) groups is 1. The van der Waals surface area contributed by atoms with Crippen molar-refractivity contribution in [2.45, 2.75) is 24.3 Å². The van der Waals surface area contributed by atoms with Crippen LogP contribution in [0.2, 0.25) is 0 Å². The van der Waals surface area contributed by atoms with Gasteiger partial charge in [0, 0.05) is 21.2 Å². The number of anilines is 1. The predicted molar refractivity (Wildman–Crippen MR) is 69.3 cm³/mol. The van der Waals surface area contributed by atoms with E-state index in [1.54, 1.807) is 11.8 Å². The molecule has 0 aromatic heterocycles. The van der Waals surface area contributed by atoms with Crippen LogP contribution in [-0.4, -0.2) is 22.9 Å². The summed E-state index contributed by atoms with van der Waals surface area (Å²) in [5.41, 5.74) is 2.23. The minimum atomic E-state index is -0.759. The molecule has 1 unspecified atom stereocenters. The van der Waals surface area contributed by atoms with Crippen LogP contribution in [-0.2, 0) is 4.79 Å². The van der Waals surface area contributed by atoms with E-state index in [1.807, 2.05) is 6.07 Å². The van der Waals surface area contributed by atoms with Crippen molar-refractivity contribution >= 4 is 39.3 Å². The van der Waals surface area contributed by atoms with E-state index in [0.717, 1.165) is 15.9 Å². The summed E-state index contributed by atoms with van der Waals surface area (Å²) < 4.78 is 1.00. The van der Waals surface area contributed by atoms with Crippen molar-refractivity contribution in [3.05, 3.63) is 22.2 Å². The topological polar surface area (TPSA) is 49.3 Å². The number of aryl methyl sites for hydroxylation is 1. The van der Waals surface area contributed by atoms with Crippen molar-refractivity contribution in [1.29, 1.82) is 0 Å². The SMILES string of the molecule is Cc1cc(Br)c2c(c1)SCC(CC(=O)O)N2. The molecular formula is C11H12BrNO2S. The number of carboxylic acid groups (broad SMARTS) is 1. The van der Waals surface area contributed by atoms with Gasteiger partial charge in [0.25, 0.3) is 0 Å². The Kier molecular flexibility index (Phi) is 3.44. The van der Waals surface area contributed by atoms with Gasteiger partial charge in [0.05, 0.1) is 12.1 Å². The number of benzene rings is 1. The molecule has 1 heterocycles. The second kappa shape index (κ2) is 4.67. The first-order valence-electron chi connectivity index (χ1n) is 4.97. The molecular weight excluding hydrogens is 290 g/mol. The summed E-state index contributed by atoms with van der Waals surface area (Å²) >= 11 is 5.21. The molecule has 0 radical (unpaired) electrons. The minimum Gasteiger partial charge on any atom is -0.481 e. The van der Waals surface area contributed by atoms with Gasteiger partial charge in [-0.2, -0.15) is 0 Å². The number of halogens is 1. The van der Waals surface area contributed by atoms with Gasteiger partial charge in [-0.3, -0.25) is 4.79 Å². The van der Waals surface area contributed by atoms with Gasteiger partial charge < -0.3 is 10.4 Å². The molecule has 86 valence electrons. The Morgan fingerprint density at radius 1 is 1.69 bits per heavy atom. The molecule has 3 nitrogen and oxygen atoms in total. The average molecular weight is 302 g/mol. The van der Waals surface area contributed by atoms with E-state index < -0.39 is 5.97 Å². The molecule has 0 saturated carbocycles. The molecule has 1 atom stereocenters. The molecule has 0 bridgehead atoms. The van der Waals surface area contributed by atoms with Gasteiger partial charge in [-0.1, -0.05) is 0 Å². The lowest BCUT2D eigenvalue weighted by molar-refractivity contribution is -0.137. The fourth-order valence-electron chi connectivity index (χ4n) is 1.72. The second-order valence-corrected chi connectivity index (χ2v) is 5.79. The Labute approximate surface area is 107 Å². The summed E-state index contributed by atoms with van der Waals surface area (Å²) in [6.45, 7) is 2.05. The van der Waals surface area contributed by atoms with Gasteiger partial charge in [0.1, 0.15) is 0 Å². The Bertz CT molecular complexity index is 436. The summed E-state index contributed by atoms with van der Waals surface area (Å²) in [5, 5.41) is 12.0. The third-order valence-electron chi connectivity index (χ3n) is 2.41. The molecule has 1 aromatic carbocycles. The predicted octanol–water partition coefficient (Wildman–Crippen LogP) is 3.12. The highest BCUT2D eigenvalue weighted by atomic mass is 79.9. The van der Waals surface area contributed by atoms with Crippen LogP contribution in [0.1, 0.15) is 12.0 Å². The largest absolute Gasteiger partial charge is 0.481 e. The smallest absolute Gasteiger partial charge is 0.305 e. The summed E-state index contributed by atoms with van der Waals surface area (Å²) in [6.07, 6.45) is 0.159. The van der Waals surface area contributed by atoms with E-state index in [4.69, 9.17) is 5.11 Å². The molecule has 1 aliphatic rings. The van der Waals surface area contributed by atoms with Crippen LogP contribution in [0.15, 0.2) is 21.5 Å². The first-order valence-corrected chi connectivity index (χ1v) is 6.75. The Hall–Kier alpha value is -0.680. The quantitative estimate of drug-likeness (QED) is 0.881. The number of carbonyl (C=O) groups is 1. The number of carboxylic acids is 1. The fraction of sp³-hybridized carbons (Fsp3) is 0.364. The molecule has 0 fully saturated rings. The molecule has 1 aromatic rings. The maximum atomic E-state index is 10.7. The Morgan fingerprint density at radius 3 is 3.12 bits per heavy atom. The van der Waals surface area contributed by atoms with Gasteiger partial charge in [0.2, 0.25) is 0 Å². The third-order valence-corrected chi connectivity index (χ3v) is 4.24. The van der Waals surface area contributed by atoms with Gasteiger partial charge in [-0.25, -0.2) is 0 Å². The first kappa shape index (κ1) is 11.8. The number of aliphatic carboxylic acids is 1. The lowest BCUT2D eigenvalue weighted by atomic mass is 10.2. The molecule has 0 saturated heterocycles. The maximum absolute atomic E-state index is 10.7. The molecule has 16 heavy (non-hydrogen) atoms. The van der Waals surface area contributed by atoms with Crippen molar-refractivity contribution in [3.8, 4) is 0 Å². The highest BCUT2D eigenvalue weighted by Gasteiger charge is 2.22. The van der Waals surface area contributed by atoms with Crippen LogP contribution in [0.5, 0.6) is 0 Å². The van der Waals surface area contributed by atoms with Crippen LogP contribution in [0.25, 0.3) is 0 Å². The van der Waals surface area contributed by atoms with E-state index in [1.165, 1.54) is 10.5 Å². The van der Waals surface area contributed by atoms with E-state index >= 15 is 0 Å². The van der Waals surface area contributed by atoms with Crippen molar-refractivity contribution in [3.63, 3.8) is 0 Å². The van der Waals surface area contributed by atoms with Crippen molar-refractivity contribution in [1.82, 2.24) is 0 Å². The summed E-state index contributed by atoms with van der Waals surface area (Å²) in [6, 6.07) is 4.17.